The lowest BCUT2D eigenvalue weighted by atomic mass is 9.91. The van der Waals surface area contributed by atoms with Crippen LogP contribution in [0, 0.1) is 5.92 Å². The van der Waals surface area contributed by atoms with E-state index in [0.717, 1.165) is 36.8 Å². The number of ether oxygens (including phenoxy) is 1. The van der Waals surface area contributed by atoms with Gasteiger partial charge in [0.25, 0.3) is 0 Å². The first kappa shape index (κ1) is 23.8. The first-order valence-electron chi connectivity index (χ1n) is 11.2. The zero-order valence-electron chi connectivity index (χ0n) is 19.1. The summed E-state index contributed by atoms with van der Waals surface area (Å²) in [6, 6.07) is 3.59. The van der Waals surface area contributed by atoms with E-state index < -0.39 is 10.0 Å². The molecule has 0 aliphatic heterocycles. The van der Waals surface area contributed by atoms with Crippen LogP contribution in [0.25, 0.3) is 11.0 Å². The summed E-state index contributed by atoms with van der Waals surface area (Å²) in [5, 5.41) is 11.5. The Morgan fingerprint density at radius 1 is 1.29 bits per heavy atom. The average molecular weight is 488 g/mol. The maximum absolute atomic E-state index is 12.8. The molecule has 3 aromatic rings. The fraction of sp³-hybridized carbons (Fsp3) is 0.435. The van der Waals surface area contributed by atoms with E-state index in [0.29, 0.717) is 29.8 Å². The standard InChI is InChI=1S/C23H29N5O5S/c1-3-21(29)24-11-18-12-25-28(14-18)13-17-9-19(32-2)22-20(10-17)33-26-23(22)27-34(30,31)15-16-7-5-4-6-8-16/h3,9-10,12,14,16H,1,4-8,11,13,15H2,2H3,(H,24,29)(H,26,27). The van der Waals surface area contributed by atoms with E-state index in [2.05, 4.69) is 26.9 Å². The average Bonchev–Trinajstić information content (AvgIpc) is 3.43. The Kier molecular flexibility index (Phi) is 7.20. The molecule has 0 unspecified atom stereocenters. The summed E-state index contributed by atoms with van der Waals surface area (Å²) in [5.41, 5.74) is 2.09. The molecular weight excluding hydrogens is 458 g/mol. The van der Waals surface area contributed by atoms with Gasteiger partial charge in [-0.2, -0.15) is 5.10 Å². The summed E-state index contributed by atoms with van der Waals surface area (Å²) in [6.45, 7) is 4.19. The van der Waals surface area contributed by atoms with Crippen LogP contribution in [0.2, 0.25) is 0 Å². The Labute approximate surface area is 198 Å². The molecule has 0 radical (unpaired) electrons. The minimum Gasteiger partial charge on any atom is -0.496 e. The van der Waals surface area contributed by atoms with Gasteiger partial charge in [-0.25, -0.2) is 8.42 Å². The van der Waals surface area contributed by atoms with Crippen molar-refractivity contribution < 1.29 is 22.5 Å². The molecule has 0 spiro atoms. The van der Waals surface area contributed by atoms with Gasteiger partial charge in [0, 0.05) is 18.3 Å². The van der Waals surface area contributed by atoms with Crippen molar-refractivity contribution in [3.63, 3.8) is 0 Å². The van der Waals surface area contributed by atoms with E-state index in [4.69, 9.17) is 9.26 Å². The van der Waals surface area contributed by atoms with Gasteiger partial charge in [0.2, 0.25) is 15.9 Å². The van der Waals surface area contributed by atoms with Gasteiger partial charge in [-0.05, 0) is 42.5 Å². The van der Waals surface area contributed by atoms with Crippen molar-refractivity contribution in [1.82, 2.24) is 20.3 Å². The first-order chi connectivity index (χ1) is 16.4. The Hall–Kier alpha value is -3.34. The fourth-order valence-electron chi connectivity index (χ4n) is 4.30. The lowest BCUT2D eigenvalue weighted by Gasteiger charge is -2.21. The van der Waals surface area contributed by atoms with Crippen LogP contribution < -0.4 is 14.8 Å². The maximum atomic E-state index is 12.8. The molecule has 11 heteroatoms. The van der Waals surface area contributed by atoms with E-state index in [1.165, 1.54) is 19.6 Å². The highest BCUT2D eigenvalue weighted by molar-refractivity contribution is 7.92. The van der Waals surface area contributed by atoms with Gasteiger partial charge in [0.1, 0.15) is 11.1 Å². The number of carbonyl (C=O) groups is 1. The highest BCUT2D eigenvalue weighted by atomic mass is 32.2. The van der Waals surface area contributed by atoms with Crippen LogP contribution in [0.4, 0.5) is 5.82 Å². The predicted molar refractivity (Wildman–Crippen MR) is 128 cm³/mol. The molecule has 0 saturated heterocycles. The summed E-state index contributed by atoms with van der Waals surface area (Å²) in [5.74, 6) is 0.583. The van der Waals surface area contributed by atoms with Crippen LogP contribution >= 0.6 is 0 Å². The quantitative estimate of drug-likeness (QED) is 0.420. The third kappa shape index (κ3) is 5.77. The molecule has 1 aliphatic carbocycles. The molecule has 10 nitrogen and oxygen atoms in total. The molecule has 0 bridgehead atoms. The molecule has 1 amide bonds. The van der Waals surface area contributed by atoms with Gasteiger partial charge in [-0.3, -0.25) is 14.2 Å². The molecule has 1 aliphatic rings. The van der Waals surface area contributed by atoms with Crippen LogP contribution in [0.1, 0.15) is 43.2 Å². The Balaban J connectivity index is 1.50. The third-order valence-corrected chi connectivity index (χ3v) is 7.35. The molecule has 2 aromatic heterocycles. The normalized spacial score (nSPS) is 14.7. The van der Waals surface area contributed by atoms with Gasteiger partial charge in [-0.15, -0.1) is 0 Å². The zero-order chi connectivity index (χ0) is 24.1. The first-order valence-corrected chi connectivity index (χ1v) is 12.9. The molecule has 4 rings (SSSR count). The Morgan fingerprint density at radius 3 is 2.82 bits per heavy atom. The van der Waals surface area contributed by atoms with E-state index in [9.17, 15) is 13.2 Å². The number of amides is 1. The van der Waals surface area contributed by atoms with E-state index in [1.54, 1.807) is 23.0 Å². The van der Waals surface area contributed by atoms with Crippen LogP contribution in [0.3, 0.4) is 0 Å². The fourth-order valence-corrected chi connectivity index (χ4v) is 5.77. The Morgan fingerprint density at radius 2 is 2.09 bits per heavy atom. The maximum Gasteiger partial charge on any atom is 0.243 e. The second-order valence-corrected chi connectivity index (χ2v) is 10.3. The molecule has 182 valence electrons. The summed E-state index contributed by atoms with van der Waals surface area (Å²) in [4.78, 5) is 11.3. The van der Waals surface area contributed by atoms with Gasteiger partial charge in [0.15, 0.2) is 11.4 Å². The van der Waals surface area contributed by atoms with E-state index >= 15 is 0 Å². The van der Waals surface area contributed by atoms with Crippen molar-refractivity contribution in [3.8, 4) is 5.75 Å². The molecule has 2 heterocycles. The number of rotatable bonds is 10. The van der Waals surface area contributed by atoms with Gasteiger partial charge < -0.3 is 14.6 Å². The second-order valence-electron chi connectivity index (χ2n) is 8.56. The third-order valence-electron chi connectivity index (χ3n) is 5.93. The summed E-state index contributed by atoms with van der Waals surface area (Å²) in [7, 11) is -2.05. The number of carbonyl (C=O) groups excluding carboxylic acids is 1. The second kappa shape index (κ2) is 10.3. The van der Waals surface area contributed by atoms with Gasteiger partial charge >= 0.3 is 0 Å². The number of fused-ring (bicyclic) bond motifs is 1. The van der Waals surface area contributed by atoms with Gasteiger partial charge in [0.05, 0.1) is 25.6 Å². The highest BCUT2D eigenvalue weighted by Gasteiger charge is 2.24. The number of sulfonamides is 1. The van der Waals surface area contributed by atoms with Crippen molar-refractivity contribution in [2.75, 3.05) is 17.6 Å². The number of nitrogens with zero attached hydrogens (tertiary/aromatic N) is 3. The highest BCUT2D eigenvalue weighted by Crippen LogP contribution is 2.35. The van der Waals surface area contributed by atoms with Crippen LogP contribution in [0.15, 0.2) is 41.7 Å². The largest absolute Gasteiger partial charge is 0.496 e. The SMILES string of the molecule is C=CC(=O)NCc1cnn(Cc2cc(OC)c3c(NS(=O)(=O)CC4CCCCC4)noc3c2)c1. The molecule has 1 aromatic carbocycles. The number of anilines is 1. The van der Waals surface area contributed by atoms with Crippen molar-refractivity contribution in [2.45, 2.75) is 45.2 Å². The number of aromatic nitrogens is 3. The lowest BCUT2D eigenvalue weighted by Crippen LogP contribution is -2.24. The molecular formula is C23H29N5O5S. The van der Waals surface area contributed by atoms with Crippen molar-refractivity contribution in [1.29, 1.82) is 0 Å². The summed E-state index contributed by atoms with van der Waals surface area (Å²) in [6.07, 6.45) is 9.90. The topological polar surface area (TPSA) is 128 Å². The number of hydrogen-bond acceptors (Lipinski definition) is 7. The minimum absolute atomic E-state index is 0.0800. The van der Waals surface area contributed by atoms with Crippen LogP contribution in [-0.2, 0) is 27.9 Å². The zero-order valence-corrected chi connectivity index (χ0v) is 19.9. The van der Waals surface area contributed by atoms with Crippen LogP contribution in [0.5, 0.6) is 5.75 Å². The summed E-state index contributed by atoms with van der Waals surface area (Å²) < 4.78 is 40.8. The number of hydrogen-bond donors (Lipinski definition) is 2. The van der Waals surface area contributed by atoms with E-state index in [1.807, 2.05) is 6.20 Å². The van der Waals surface area contributed by atoms with E-state index in [-0.39, 0.29) is 23.4 Å². The lowest BCUT2D eigenvalue weighted by molar-refractivity contribution is -0.116. The molecule has 0 atom stereocenters. The summed E-state index contributed by atoms with van der Waals surface area (Å²) >= 11 is 0. The molecule has 2 N–H and O–H groups in total. The smallest absolute Gasteiger partial charge is 0.243 e. The predicted octanol–water partition coefficient (Wildman–Crippen LogP) is 3.21. The monoisotopic (exact) mass is 487 g/mol. The number of benzene rings is 1. The van der Waals surface area contributed by atoms with Gasteiger partial charge in [-0.1, -0.05) is 31.0 Å². The molecule has 34 heavy (non-hydrogen) atoms. The van der Waals surface area contributed by atoms with Crippen molar-refractivity contribution in [2.24, 2.45) is 5.92 Å². The minimum atomic E-state index is -3.57. The number of methoxy groups -OCH3 is 1. The molecule has 1 fully saturated rings. The van der Waals surface area contributed by atoms with Crippen LogP contribution in [-0.4, -0.2) is 42.1 Å². The van der Waals surface area contributed by atoms with Crippen molar-refractivity contribution >= 4 is 32.7 Å². The molecule has 1 saturated carbocycles. The van der Waals surface area contributed by atoms with Crippen molar-refractivity contribution in [3.05, 3.63) is 48.3 Å². The Bertz CT molecular complexity index is 1270. The number of nitrogens with one attached hydrogen (secondary N) is 2.